The number of ether oxygens (including phenoxy) is 1. The lowest BCUT2D eigenvalue weighted by atomic mass is 9.89. The predicted molar refractivity (Wildman–Crippen MR) is 47.7 cm³/mol. The number of nitriles is 1. The summed E-state index contributed by atoms with van der Waals surface area (Å²) in [4.78, 5) is 11.4. The summed E-state index contributed by atoms with van der Waals surface area (Å²) in [5.41, 5.74) is 0. The molecule has 1 aliphatic carbocycles. The minimum atomic E-state index is -0.602. The van der Waals surface area contributed by atoms with Gasteiger partial charge in [0.05, 0.1) is 5.92 Å². The van der Waals surface area contributed by atoms with Crippen LogP contribution in [-0.2, 0) is 9.53 Å². The maximum absolute atomic E-state index is 11.4. The molecule has 0 amide bonds. The third-order valence-corrected chi connectivity index (χ3v) is 2.41. The van der Waals surface area contributed by atoms with Gasteiger partial charge in [0.15, 0.2) is 6.10 Å². The zero-order chi connectivity index (χ0) is 9.68. The maximum Gasteiger partial charge on any atom is 0.310 e. The third kappa shape index (κ3) is 3.06. The highest BCUT2D eigenvalue weighted by molar-refractivity contribution is 5.72. The van der Waals surface area contributed by atoms with Gasteiger partial charge >= 0.3 is 5.97 Å². The molecule has 0 N–H and O–H groups in total. The monoisotopic (exact) mass is 181 g/mol. The Kier molecular flexibility index (Phi) is 3.75. The van der Waals surface area contributed by atoms with Crippen molar-refractivity contribution in [1.82, 2.24) is 0 Å². The second-order valence-corrected chi connectivity index (χ2v) is 3.54. The molecule has 1 rings (SSSR count). The van der Waals surface area contributed by atoms with Crippen molar-refractivity contribution in [3.63, 3.8) is 0 Å². The van der Waals surface area contributed by atoms with Gasteiger partial charge in [0.25, 0.3) is 0 Å². The summed E-state index contributed by atoms with van der Waals surface area (Å²) in [5, 5.41) is 8.45. The van der Waals surface area contributed by atoms with Gasteiger partial charge in [-0.05, 0) is 19.8 Å². The van der Waals surface area contributed by atoms with Crippen molar-refractivity contribution in [2.45, 2.75) is 45.1 Å². The summed E-state index contributed by atoms with van der Waals surface area (Å²) in [5.74, 6) is -0.140. The van der Waals surface area contributed by atoms with E-state index in [0.29, 0.717) is 0 Å². The molecular formula is C10H15NO2. The van der Waals surface area contributed by atoms with E-state index in [0.717, 1.165) is 25.7 Å². The molecule has 0 aliphatic heterocycles. The molecule has 0 aromatic heterocycles. The van der Waals surface area contributed by atoms with E-state index in [9.17, 15) is 4.79 Å². The van der Waals surface area contributed by atoms with Crippen molar-refractivity contribution in [3.05, 3.63) is 0 Å². The van der Waals surface area contributed by atoms with E-state index in [-0.39, 0.29) is 11.9 Å². The average Bonchev–Trinajstić information content (AvgIpc) is 2.19. The number of hydrogen-bond donors (Lipinski definition) is 0. The van der Waals surface area contributed by atoms with Crippen LogP contribution in [0.3, 0.4) is 0 Å². The number of rotatable bonds is 2. The SMILES string of the molecule is CC(C#N)OC(=O)C1CCCCC1. The molecule has 0 aromatic carbocycles. The molecule has 3 heteroatoms. The molecule has 0 saturated heterocycles. The van der Waals surface area contributed by atoms with Gasteiger partial charge in [-0.15, -0.1) is 0 Å². The number of esters is 1. The van der Waals surface area contributed by atoms with Crippen LogP contribution >= 0.6 is 0 Å². The fourth-order valence-electron chi connectivity index (χ4n) is 1.64. The summed E-state index contributed by atoms with van der Waals surface area (Å²) in [6.07, 6.45) is 4.70. The molecule has 3 nitrogen and oxygen atoms in total. The molecule has 1 aliphatic rings. The summed E-state index contributed by atoms with van der Waals surface area (Å²) in [6.45, 7) is 1.60. The fourth-order valence-corrected chi connectivity index (χ4v) is 1.64. The molecule has 1 fully saturated rings. The lowest BCUT2D eigenvalue weighted by molar-refractivity contribution is -0.151. The predicted octanol–water partition coefficient (Wildman–Crippen LogP) is 2.02. The van der Waals surface area contributed by atoms with Crippen LogP contribution in [0, 0.1) is 17.2 Å². The quantitative estimate of drug-likeness (QED) is 0.612. The summed E-state index contributed by atoms with van der Waals surface area (Å²) < 4.78 is 4.94. The van der Waals surface area contributed by atoms with E-state index in [1.54, 1.807) is 6.92 Å². The van der Waals surface area contributed by atoms with Crippen molar-refractivity contribution < 1.29 is 9.53 Å². The smallest absolute Gasteiger partial charge is 0.310 e. The van der Waals surface area contributed by atoms with Crippen molar-refractivity contribution in [2.24, 2.45) is 5.92 Å². The summed E-state index contributed by atoms with van der Waals surface area (Å²) in [7, 11) is 0. The van der Waals surface area contributed by atoms with Crippen molar-refractivity contribution >= 4 is 5.97 Å². The van der Waals surface area contributed by atoms with Crippen LogP contribution in [0.5, 0.6) is 0 Å². The third-order valence-electron chi connectivity index (χ3n) is 2.41. The van der Waals surface area contributed by atoms with Crippen LogP contribution in [0.4, 0.5) is 0 Å². The van der Waals surface area contributed by atoms with Crippen LogP contribution in [0.2, 0.25) is 0 Å². The molecule has 13 heavy (non-hydrogen) atoms. The Labute approximate surface area is 78.7 Å². The van der Waals surface area contributed by atoms with E-state index in [2.05, 4.69) is 0 Å². The first-order valence-corrected chi connectivity index (χ1v) is 4.84. The van der Waals surface area contributed by atoms with Gasteiger partial charge in [0.1, 0.15) is 6.07 Å². The van der Waals surface area contributed by atoms with Gasteiger partial charge in [0.2, 0.25) is 0 Å². The molecule has 0 heterocycles. The normalized spacial score (nSPS) is 20.3. The van der Waals surface area contributed by atoms with E-state index in [1.165, 1.54) is 6.42 Å². The first-order chi connectivity index (χ1) is 6.24. The van der Waals surface area contributed by atoms with Crippen LogP contribution in [0.25, 0.3) is 0 Å². The first-order valence-electron chi connectivity index (χ1n) is 4.84. The Morgan fingerprint density at radius 3 is 2.62 bits per heavy atom. The number of hydrogen-bond acceptors (Lipinski definition) is 3. The Hall–Kier alpha value is -1.04. The molecule has 72 valence electrons. The highest BCUT2D eigenvalue weighted by Gasteiger charge is 2.23. The zero-order valence-corrected chi connectivity index (χ0v) is 7.95. The van der Waals surface area contributed by atoms with Crippen molar-refractivity contribution in [1.29, 1.82) is 5.26 Å². The van der Waals surface area contributed by atoms with Gasteiger partial charge in [-0.2, -0.15) is 5.26 Å². The average molecular weight is 181 g/mol. The lowest BCUT2D eigenvalue weighted by Crippen LogP contribution is -2.23. The molecule has 0 spiro atoms. The molecule has 0 aromatic rings. The Morgan fingerprint density at radius 1 is 1.46 bits per heavy atom. The molecule has 1 atom stereocenters. The first kappa shape index (κ1) is 10.0. The second-order valence-electron chi connectivity index (χ2n) is 3.54. The minimum Gasteiger partial charge on any atom is -0.447 e. The van der Waals surface area contributed by atoms with Crippen molar-refractivity contribution in [2.75, 3.05) is 0 Å². The number of carbonyl (C=O) groups excluding carboxylic acids is 1. The van der Waals surface area contributed by atoms with E-state index in [4.69, 9.17) is 10.00 Å². The largest absolute Gasteiger partial charge is 0.447 e. The summed E-state index contributed by atoms with van der Waals surface area (Å²) >= 11 is 0. The molecule has 0 radical (unpaired) electrons. The molecule has 1 saturated carbocycles. The second kappa shape index (κ2) is 4.86. The number of nitrogens with zero attached hydrogens (tertiary/aromatic N) is 1. The van der Waals surface area contributed by atoms with Crippen LogP contribution in [0.15, 0.2) is 0 Å². The van der Waals surface area contributed by atoms with Crippen LogP contribution < -0.4 is 0 Å². The van der Waals surface area contributed by atoms with Gasteiger partial charge in [-0.3, -0.25) is 4.79 Å². The Bertz CT molecular complexity index is 213. The molecule has 0 bridgehead atoms. The Balaban J connectivity index is 2.34. The topological polar surface area (TPSA) is 50.1 Å². The van der Waals surface area contributed by atoms with Gasteiger partial charge < -0.3 is 4.74 Å². The van der Waals surface area contributed by atoms with E-state index >= 15 is 0 Å². The van der Waals surface area contributed by atoms with Gasteiger partial charge in [0, 0.05) is 0 Å². The summed E-state index contributed by atoms with van der Waals surface area (Å²) in [6, 6.07) is 1.89. The lowest BCUT2D eigenvalue weighted by Gasteiger charge is -2.20. The molecular weight excluding hydrogens is 166 g/mol. The highest BCUT2D eigenvalue weighted by atomic mass is 16.5. The Morgan fingerprint density at radius 2 is 2.08 bits per heavy atom. The van der Waals surface area contributed by atoms with Gasteiger partial charge in [-0.1, -0.05) is 19.3 Å². The number of carbonyl (C=O) groups is 1. The zero-order valence-electron chi connectivity index (χ0n) is 7.95. The van der Waals surface area contributed by atoms with Crippen LogP contribution in [-0.4, -0.2) is 12.1 Å². The van der Waals surface area contributed by atoms with Gasteiger partial charge in [-0.25, -0.2) is 0 Å². The minimum absolute atomic E-state index is 0.0459. The van der Waals surface area contributed by atoms with E-state index in [1.807, 2.05) is 6.07 Å². The standard InChI is InChI=1S/C10H15NO2/c1-8(7-11)13-10(12)9-5-3-2-4-6-9/h8-9H,2-6H2,1H3. The van der Waals surface area contributed by atoms with Crippen LogP contribution in [0.1, 0.15) is 39.0 Å². The van der Waals surface area contributed by atoms with Crippen molar-refractivity contribution in [3.8, 4) is 6.07 Å². The molecule has 1 unspecified atom stereocenters. The van der Waals surface area contributed by atoms with E-state index < -0.39 is 6.10 Å². The fraction of sp³-hybridized carbons (Fsp3) is 0.800. The maximum atomic E-state index is 11.4. The highest BCUT2D eigenvalue weighted by Crippen LogP contribution is 2.24.